The smallest absolute Gasteiger partial charge is 0.225 e. The molecule has 1 amide bonds. The monoisotopic (exact) mass is 375 g/mol. The summed E-state index contributed by atoms with van der Waals surface area (Å²) in [5.41, 5.74) is 0.391. The molecule has 1 N–H and O–H groups in total. The van der Waals surface area contributed by atoms with Gasteiger partial charge in [-0.15, -0.1) is 0 Å². The first-order chi connectivity index (χ1) is 11.4. The lowest BCUT2D eigenvalue weighted by Gasteiger charge is -2.14. The lowest BCUT2D eigenvalue weighted by atomic mass is 10.2. The van der Waals surface area contributed by atoms with E-state index in [0.29, 0.717) is 35.1 Å². The maximum atomic E-state index is 12.2. The van der Waals surface area contributed by atoms with Crippen molar-refractivity contribution >= 4 is 33.0 Å². The van der Waals surface area contributed by atoms with Crippen molar-refractivity contribution in [1.29, 1.82) is 0 Å². The predicted octanol–water partition coefficient (Wildman–Crippen LogP) is 3.04. The summed E-state index contributed by atoms with van der Waals surface area (Å²) in [5, 5.41) is 2.72. The minimum Gasteiger partial charge on any atom is -0.495 e. The highest BCUT2D eigenvalue weighted by Gasteiger charge is 2.29. The summed E-state index contributed by atoms with van der Waals surface area (Å²) >= 11 is 6.01. The maximum absolute atomic E-state index is 12.2. The Morgan fingerprint density at radius 3 is 2.42 bits per heavy atom. The zero-order chi connectivity index (χ0) is 17.7. The number of anilines is 1. The van der Waals surface area contributed by atoms with Gasteiger partial charge in [0.1, 0.15) is 11.5 Å². The van der Waals surface area contributed by atoms with Crippen molar-refractivity contribution in [3.8, 4) is 11.5 Å². The van der Waals surface area contributed by atoms with E-state index in [0.717, 1.165) is 12.8 Å². The van der Waals surface area contributed by atoms with E-state index in [-0.39, 0.29) is 23.3 Å². The molecular weight excluding hydrogens is 354 g/mol. The van der Waals surface area contributed by atoms with Crippen LogP contribution in [0.2, 0.25) is 5.02 Å². The van der Waals surface area contributed by atoms with Crippen LogP contribution in [0.25, 0.3) is 0 Å². The van der Waals surface area contributed by atoms with E-state index < -0.39 is 9.84 Å². The standard InChI is InChI=1S/C16H22ClNO5S/c1-22-14-10-13(15(23-2)9-12(14)17)18-16(19)7-8-24(20,21)11-5-3-4-6-11/h9-11H,3-8H2,1-2H3,(H,18,19). The van der Waals surface area contributed by atoms with Crippen molar-refractivity contribution in [2.75, 3.05) is 25.3 Å². The number of amides is 1. The molecule has 0 unspecified atom stereocenters. The van der Waals surface area contributed by atoms with Crippen LogP contribution in [0.5, 0.6) is 11.5 Å². The molecule has 1 aliphatic carbocycles. The summed E-state index contributed by atoms with van der Waals surface area (Å²) < 4.78 is 34.7. The topological polar surface area (TPSA) is 81.7 Å². The predicted molar refractivity (Wildman–Crippen MR) is 93.8 cm³/mol. The fourth-order valence-electron chi connectivity index (χ4n) is 2.82. The van der Waals surface area contributed by atoms with E-state index in [9.17, 15) is 13.2 Å². The Balaban J connectivity index is 2.01. The first-order valence-electron chi connectivity index (χ1n) is 7.80. The van der Waals surface area contributed by atoms with Crippen LogP contribution in [-0.4, -0.2) is 39.5 Å². The fourth-order valence-corrected chi connectivity index (χ4v) is 4.91. The van der Waals surface area contributed by atoms with Crippen LogP contribution in [0.15, 0.2) is 12.1 Å². The third-order valence-electron chi connectivity index (χ3n) is 4.17. The molecule has 8 heteroatoms. The quantitative estimate of drug-likeness (QED) is 0.792. The molecule has 1 aliphatic rings. The molecule has 0 aliphatic heterocycles. The molecule has 0 aromatic heterocycles. The van der Waals surface area contributed by atoms with Gasteiger partial charge in [-0.1, -0.05) is 24.4 Å². The first kappa shape index (κ1) is 18.9. The number of halogens is 1. The molecular formula is C16H22ClNO5S. The second kappa shape index (κ2) is 8.07. The summed E-state index contributed by atoms with van der Waals surface area (Å²) in [5.74, 6) is 0.245. The average molecular weight is 376 g/mol. The largest absolute Gasteiger partial charge is 0.495 e. The van der Waals surface area contributed by atoms with Gasteiger partial charge in [0.2, 0.25) is 5.91 Å². The number of ether oxygens (including phenoxy) is 2. The van der Waals surface area contributed by atoms with Crippen LogP contribution in [-0.2, 0) is 14.6 Å². The van der Waals surface area contributed by atoms with Gasteiger partial charge in [-0.2, -0.15) is 0 Å². The number of benzene rings is 1. The van der Waals surface area contributed by atoms with Gasteiger partial charge >= 0.3 is 0 Å². The van der Waals surface area contributed by atoms with Crippen LogP contribution in [0.4, 0.5) is 5.69 Å². The molecule has 0 heterocycles. The molecule has 1 aromatic rings. The minimum atomic E-state index is -3.22. The minimum absolute atomic E-state index is 0.0903. The van der Waals surface area contributed by atoms with Gasteiger partial charge in [-0.25, -0.2) is 8.42 Å². The zero-order valence-electron chi connectivity index (χ0n) is 13.8. The molecule has 0 saturated heterocycles. The number of carbonyl (C=O) groups excluding carboxylic acids is 1. The van der Waals surface area contributed by atoms with E-state index in [1.54, 1.807) is 6.07 Å². The van der Waals surface area contributed by atoms with Crippen molar-refractivity contribution in [3.63, 3.8) is 0 Å². The molecule has 0 radical (unpaired) electrons. The molecule has 2 rings (SSSR count). The third-order valence-corrected chi connectivity index (χ3v) is 6.73. The average Bonchev–Trinajstić information content (AvgIpc) is 3.09. The van der Waals surface area contributed by atoms with Crippen LogP contribution in [0.1, 0.15) is 32.1 Å². The second-order valence-corrected chi connectivity index (χ2v) is 8.57. The molecule has 1 aromatic carbocycles. The van der Waals surface area contributed by atoms with Gasteiger partial charge in [0.25, 0.3) is 0 Å². The Hall–Kier alpha value is -1.47. The number of methoxy groups -OCH3 is 2. The highest BCUT2D eigenvalue weighted by molar-refractivity contribution is 7.92. The Kier molecular flexibility index (Phi) is 6.34. The number of carbonyl (C=O) groups is 1. The zero-order valence-corrected chi connectivity index (χ0v) is 15.4. The van der Waals surface area contributed by atoms with Gasteiger partial charge in [0.05, 0.1) is 35.9 Å². The first-order valence-corrected chi connectivity index (χ1v) is 9.89. The Morgan fingerprint density at radius 1 is 1.21 bits per heavy atom. The lowest BCUT2D eigenvalue weighted by Crippen LogP contribution is -2.24. The van der Waals surface area contributed by atoms with Crippen LogP contribution in [0, 0.1) is 0 Å². The number of rotatable bonds is 7. The van der Waals surface area contributed by atoms with Crippen LogP contribution < -0.4 is 14.8 Å². The maximum Gasteiger partial charge on any atom is 0.225 e. The van der Waals surface area contributed by atoms with Crippen molar-refractivity contribution in [1.82, 2.24) is 0 Å². The van der Waals surface area contributed by atoms with Gasteiger partial charge in [-0.05, 0) is 12.8 Å². The molecule has 24 heavy (non-hydrogen) atoms. The fraction of sp³-hybridized carbons (Fsp3) is 0.562. The highest BCUT2D eigenvalue weighted by Crippen LogP contribution is 2.36. The summed E-state index contributed by atoms with van der Waals surface area (Å²) in [6.07, 6.45) is 3.20. The van der Waals surface area contributed by atoms with Crippen molar-refractivity contribution in [3.05, 3.63) is 17.2 Å². The number of hydrogen-bond donors (Lipinski definition) is 1. The van der Waals surface area contributed by atoms with Gasteiger partial charge in [0, 0.05) is 18.6 Å². The van der Waals surface area contributed by atoms with Crippen molar-refractivity contribution in [2.24, 2.45) is 0 Å². The number of sulfone groups is 1. The van der Waals surface area contributed by atoms with Crippen LogP contribution >= 0.6 is 11.6 Å². The van der Waals surface area contributed by atoms with Gasteiger partial charge in [-0.3, -0.25) is 4.79 Å². The van der Waals surface area contributed by atoms with E-state index in [2.05, 4.69) is 5.32 Å². The molecule has 134 valence electrons. The lowest BCUT2D eigenvalue weighted by molar-refractivity contribution is -0.115. The summed E-state index contributed by atoms with van der Waals surface area (Å²) in [6.45, 7) is 0. The highest BCUT2D eigenvalue weighted by atomic mass is 35.5. The van der Waals surface area contributed by atoms with Gasteiger partial charge < -0.3 is 14.8 Å². The number of nitrogens with one attached hydrogen (secondary N) is 1. The Bertz CT molecular complexity index is 699. The summed E-state index contributed by atoms with van der Waals surface area (Å²) in [7, 11) is -0.298. The normalized spacial score (nSPS) is 15.3. The third kappa shape index (κ3) is 4.54. The molecule has 1 fully saturated rings. The molecule has 6 nitrogen and oxygen atoms in total. The Labute approximate surface area is 147 Å². The number of hydrogen-bond acceptors (Lipinski definition) is 5. The van der Waals surface area contributed by atoms with E-state index >= 15 is 0 Å². The summed E-state index contributed by atoms with van der Waals surface area (Å²) in [6, 6.07) is 3.08. The van der Waals surface area contributed by atoms with Crippen molar-refractivity contribution in [2.45, 2.75) is 37.4 Å². The van der Waals surface area contributed by atoms with Crippen LogP contribution in [0.3, 0.4) is 0 Å². The molecule has 1 saturated carbocycles. The summed E-state index contributed by atoms with van der Waals surface area (Å²) in [4.78, 5) is 12.1. The molecule has 0 bridgehead atoms. The van der Waals surface area contributed by atoms with E-state index in [4.69, 9.17) is 21.1 Å². The second-order valence-electron chi connectivity index (χ2n) is 5.76. The Morgan fingerprint density at radius 2 is 1.83 bits per heavy atom. The molecule has 0 atom stereocenters. The SMILES string of the molecule is COc1cc(NC(=O)CCS(=O)(=O)C2CCCC2)c(OC)cc1Cl. The van der Waals surface area contributed by atoms with Gasteiger partial charge in [0.15, 0.2) is 9.84 Å². The molecule has 0 spiro atoms. The van der Waals surface area contributed by atoms with Crippen molar-refractivity contribution < 1.29 is 22.7 Å². The van der Waals surface area contributed by atoms with E-state index in [1.807, 2.05) is 0 Å². The van der Waals surface area contributed by atoms with E-state index in [1.165, 1.54) is 20.3 Å².